The van der Waals surface area contributed by atoms with Crippen molar-refractivity contribution in [2.75, 3.05) is 19.6 Å². The van der Waals surface area contributed by atoms with Gasteiger partial charge in [-0.25, -0.2) is 0 Å². The maximum atomic E-state index is 10.7. The molecule has 0 saturated carbocycles. The van der Waals surface area contributed by atoms with Crippen LogP contribution in [0.1, 0.15) is 58.4 Å². The van der Waals surface area contributed by atoms with E-state index in [1.165, 1.54) is 6.42 Å². The first-order valence-corrected chi connectivity index (χ1v) is 11.6. The summed E-state index contributed by atoms with van der Waals surface area (Å²) in [6.45, 7) is 3.23. The van der Waals surface area contributed by atoms with Crippen LogP contribution >= 0.6 is 11.3 Å². The average Bonchev–Trinajstić information content (AvgIpc) is 3.49. The lowest BCUT2D eigenvalue weighted by atomic mass is 9.74. The van der Waals surface area contributed by atoms with Crippen LogP contribution in [0.4, 0.5) is 0 Å². The number of rotatable bonds is 4. The van der Waals surface area contributed by atoms with Crippen molar-refractivity contribution in [2.24, 2.45) is 5.92 Å². The Hall–Kier alpha value is -2.01. The normalized spacial score (nSPS) is 27.0. The molecule has 0 spiro atoms. The maximum absolute atomic E-state index is 10.7. The maximum Gasteiger partial charge on any atom is 0.0927 e. The first-order valence-electron chi connectivity index (χ1n) is 10.7. The quantitative estimate of drug-likeness (QED) is 0.686. The smallest absolute Gasteiger partial charge is 0.0927 e. The summed E-state index contributed by atoms with van der Waals surface area (Å²) < 4.78 is 0. The number of nitrogens with zero attached hydrogens (tertiary/aromatic N) is 2. The number of aromatic nitrogens is 1. The second kappa shape index (κ2) is 6.76. The number of likely N-dealkylation sites (tertiary alicyclic amines) is 1. The first kappa shape index (κ1) is 17.8. The fraction of sp³-hybridized carbons (Fsp3) is 0.400. The van der Waals surface area contributed by atoms with Gasteiger partial charge in [0, 0.05) is 24.1 Å². The highest BCUT2D eigenvalue weighted by Crippen LogP contribution is 2.60. The van der Waals surface area contributed by atoms with Gasteiger partial charge in [0.25, 0.3) is 0 Å². The van der Waals surface area contributed by atoms with Crippen LogP contribution in [0.2, 0.25) is 0 Å². The van der Waals surface area contributed by atoms with Crippen LogP contribution in [0.5, 0.6) is 0 Å². The van der Waals surface area contributed by atoms with E-state index in [0.29, 0.717) is 11.8 Å². The van der Waals surface area contributed by atoms with Crippen molar-refractivity contribution in [3.05, 3.63) is 87.4 Å². The molecule has 3 nitrogen and oxygen atoms in total. The molecule has 2 aliphatic carbocycles. The molecule has 1 atom stereocenters. The molecule has 29 heavy (non-hydrogen) atoms. The Morgan fingerprint density at radius 1 is 1.03 bits per heavy atom. The van der Waals surface area contributed by atoms with E-state index >= 15 is 0 Å². The van der Waals surface area contributed by atoms with Crippen molar-refractivity contribution < 1.29 is 5.11 Å². The molecule has 6 rings (SSSR count). The number of aliphatic hydroxyl groups is 1. The number of aliphatic hydroxyl groups excluding tert-OH is 1. The van der Waals surface area contributed by atoms with Crippen molar-refractivity contribution in [1.29, 1.82) is 0 Å². The van der Waals surface area contributed by atoms with Gasteiger partial charge in [-0.05, 0) is 60.5 Å². The summed E-state index contributed by atoms with van der Waals surface area (Å²) in [5, 5.41) is 10.7. The molecule has 0 amide bonds. The third kappa shape index (κ3) is 2.66. The fourth-order valence-corrected chi connectivity index (χ4v) is 6.92. The highest BCUT2D eigenvalue weighted by molar-refractivity contribution is 7.09. The molecule has 1 N–H and O–H groups in total. The molecule has 2 heterocycles. The molecule has 1 fully saturated rings. The van der Waals surface area contributed by atoms with Crippen molar-refractivity contribution in [3.63, 3.8) is 0 Å². The molecule has 148 valence electrons. The van der Waals surface area contributed by atoms with E-state index in [0.717, 1.165) is 37.4 Å². The van der Waals surface area contributed by atoms with Gasteiger partial charge in [0.15, 0.2) is 0 Å². The minimum Gasteiger partial charge on any atom is -0.387 e. The zero-order valence-corrected chi connectivity index (χ0v) is 17.3. The number of benzene rings is 2. The minimum absolute atomic E-state index is 0.140. The molecule has 0 radical (unpaired) electrons. The molecule has 0 unspecified atom stereocenters. The van der Waals surface area contributed by atoms with E-state index in [9.17, 15) is 5.11 Å². The summed E-state index contributed by atoms with van der Waals surface area (Å²) >= 11 is 1.57. The van der Waals surface area contributed by atoms with Gasteiger partial charge >= 0.3 is 0 Å². The van der Waals surface area contributed by atoms with Crippen LogP contribution in [0, 0.1) is 5.92 Å². The average molecular weight is 403 g/mol. The molecule has 2 aromatic carbocycles. The van der Waals surface area contributed by atoms with E-state index in [2.05, 4.69) is 58.4 Å². The third-order valence-electron chi connectivity index (χ3n) is 7.57. The zero-order valence-electron chi connectivity index (χ0n) is 16.5. The Morgan fingerprint density at radius 2 is 1.69 bits per heavy atom. The second-order valence-electron chi connectivity index (χ2n) is 8.98. The lowest BCUT2D eigenvalue weighted by Gasteiger charge is -2.40. The van der Waals surface area contributed by atoms with E-state index in [1.54, 1.807) is 33.6 Å². The van der Waals surface area contributed by atoms with Crippen LogP contribution in [0.25, 0.3) is 0 Å². The Morgan fingerprint density at radius 3 is 2.31 bits per heavy atom. The lowest BCUT2D eigenvalue weighted by Crippen LogP contribution is -2.44. The Bertz CT molecular complexity index is 975. The predicted octanol–water partition coefficient (Wildman–Crippen LogP) is 4.72. The predicted molar refractivity (Wildman–Crippen MR) is 116 cm³/mol. The van der Waals surface area contributed by atoms with Crippen molar-refractivity contribution in [2.45, 2.75) is 36.7 Å². The molecule has 3 aromatic rings. The first-order chi connectivity index (χ1) is 14.3. The van der Waals surface area contributed by atoms with Crippen LogP contribution < -0.4 is 0 Å². The molecule has 1 aromatic heterocycles. The van der Waals surface area contributed by atoms with Crippen molar-refractivity contribution in [3.8, 4) is 0 Å². The fourth-order valence-electron chi connectivity index (χ4n) is 6.22. The number of thiazole rings is 1. The van der Waals surface area contributed by atoms with Gasteiger partial charge in [-0.3, -0.25) is 4.98 Å². The Labute approximate surface area is 176 Å². The second-order valence-corrected chi connectivity index (χ2v) is 9.89. The van der Waals surface area contributed by atoms with Gasteiger partial charge in [0.2, 0.25) is 0 Å². The van der Waals surface area contributed by atoms with Gasteiger partial charge < -0.3 is 10.0 Å². The largest absolute Gasteiger partial charge is 0.387 e. The molecule has 3 aliphatic rings. The standard InChI is InChI=1S/C25H26N2OS/c28-24(23-14-26-16-29-23)17-9-11-27(12-10-17)15-25-13-20(18-5-1-3-7-21(18)25)19-6-2-4-8-22(19)25/h1-8,14,16-17,20,24,28H,9-13,15H2/t20?,24-,25?/m1/s1. The molecular weight excluding hydrogens is 376 g/mol. The summed E-state index contributed by atoms with van der Waals surface area (Å²) in [5.74, 6) is 0.914. The zero-order chi connectivity index (χ0) is 19.4. The van der Waals surface area contributed by atoms with Crippen LogP contribution in [-0.2, 0) is 5.41 Å². The molecule has 1 aliphatic heterocycles. The van der Waals surface area contributed by atoms with Crippen LogP contribution in [-0.4, -0.2) is 34.6 Å². The van der Waals surface area contributed by atoms with Crippen LogP contribution in [0.3, 0.4) is 0 Å². The van der Waals surface area contributed by atoms with Crippen molar-refractivity contribution >= 4 is 11.3 Å². The Balaban J connectivity index is 1.25. The van der Waals surface area contributed by atoms with Gasteiger partial charge in [0.1, 0.15) is 0 Å². The van der Waals surface area contributed by atoms with Gasteiger partial charge in [-0.1, -0.05) is 48.5 Å². The monoisotopic (exact) mass is 402 g/mol. The SMILES string of the molecule is O[C@@H](c1cncs1)C1CCN(CC23CC(c4ccccc42)c2ccccc23)CC1. The van der Waals surface area contributed by atoms with Gasteiger partial charge in [-0.15, -0.1) is 11.3 Å². The summed E-state index contributed by atoms with van der Waals surface area (Å²) in [6.07, 6.45) is 4.80. The molecular formula is C25H26N2OS. The van der Waals surface area contributed by atoms with E-state index in [1.807, 2.05) is 11.7 Å². The summed E-state index contributed by atoms with van der Waals surface area (Å²) in [5.41, 5.74) is 8.15. The highest BCUT2D eigenvalue weighted by Gasteiger charge is 2.53. The summed E-state index contributed by atoms with van der Waals surface area (Å²) in [7, 11) is 0. The van der Waals surface area contributed by atoms with Gasteiger partial charge in [-0.2, -0.15) is 0 Å². The molecule has 1 saturated heterocycles. The number of piperidine rings is 1. The lowest BCUT2D eigenvalue weighted by molar-refractivity contribution is 0.0561. The number of hydrogen-bond acceptors (Lipinski definition) is 4. The van der Waals surface area contributed by atoms with E-state index < -0.39 is 0 Å². The third-order valence-corrected chi connectivity index (χ3v) is 8.42. The van der Waals surface area contributed by atoms with E-state index in [-0.39, 0.29) is 11.5 Å². The summed E-state index contributed by atoms with van der Waals surface area (Å²) in [4.78, 5) is 7.80. The Kier molecular flexibility index (Phi) is 4.15. The van der Waals surface area contributed by atoms with Gasteiger partial charge in [0.05, 0.1) is 16.5 Å². The number of fused-ring (bicyclic) bond motifs is 8. The highest BCUT2D eigenvalue weighted by atomic mass is 32.1. The van der Waals surface area contributed by atoms with E-state index in [4.69, 9.17) is 0 Å². The summed E-state index contributed by atoms with van der Waals surface area (Å²) in [6, 6.07) is 18.2. The topological polar surface area (TPSA) is 36.4 Å². The molecule has 2 bridgehead atoms. The number of hydrogen-bond donors (Lipinski definition) is 1. The van der Waals surface area contributed by atoms with Crippen molar-refractivity contribution in [1.82, 2.24) is 9.88 Å². The molecule has 4 heteroatoms. The van der Waals surface area contributed by atoms with Crippen LogP contribution in [0.15, 0.2) is 60.2 Å². The minimum atomic E-state index is -0.355.